The van der Waals surface area contributed by atoms with Crippen LogP contribution in [-0.4, -0.2) is 59.3 Å². The average Bonchev–Trinajstić information content (AvgIpc) is 3.52. The van der Waals surface area contributed by atoms with Gasteiger partial charge in [-0.2, -0.15) is 5.10 Å². The number of aromatic amines is 1. The number of hydrogen-bond acceptors (Lipinski definition) is 6. The molecule has 0 aliphatic carbocycles. The molecule has 4 heterocycles. The molecule has 30 heavy (non-hydrogen) atoms. The van der Waals surface area contributed by atoms with Crippen molar-refractivity contribution in [2.24, 2.45) is 0 Å². The van der Waals surface area contributed by atoms with Crippen molar-refractivity contribution >= 4 is 5.91 Å². The molecule has 0 spiro atoms. The van der Waals surface area contributed by atoms with E-state index in [9.17, 15) is 4.79 Å². The van der Waals surface area contributed by atoms with E-state index < -0.39 is 0 Å². The Morgan fingerprint density at radius 1 is 1.17 bits per heavy atom. The second-order valence-corrected chi connectivity index (χ2v) is 7.33. The highest BCUT2D eigenvalue weighted by atomic mass is 16.2. The smallest absolute Gasteiger partial charge is 0.253 e. The van der Waals surface area contributed by atoms with E-state index in [1.165, 1.54) is 6.33 Å². The molecule has 1 aliphatic heterocycles. The van der Waals surface area contributed by atoms with E-state index in [0.717, 1.165) is 41.9 Å². The Labute approximate surface area is 172 Å². The first-order valence-corrected chi connectivity index (χ1v) is 9.86. The molecule has 0 saturated carbocycles. The maximum atomic E-state index is 13.2. The Bertz CT molecular complexity index is 1140. The number of rotatable bonds is 4. The largest absolute Gasteiger partial charge is 0.338 e. The summed E-state index contributed by atoms with van der Waals surface area (Å²) < 4.78 is 1.54. The number of tetrazole rings is 1. The molecule has 0 radical (unpaired) electrons. The molecule has 9 heteroatoms. The normalized spacial score (nSPS) is 16.5. The monoisotopic (exact) mass is 400 g/mol. The highest BCUT2D eigenvalue weighted by Gasteiger charge is 2.28. The highest BCUT2D eigenvalue weighted by Crippen LogP contribution is 2.33. The van der Waals surface area contributed by atoms with Gasteiger partial charge >= 0.3 is 0 Å². The molecule has 1 saturated heterocycles. The number of carbonyl (C=O) groups is 1. The van der Waals surface area contributed by atoms with E-state index in [1.54, 1.807) is 17.1 Å². The highest BCUT2D eigenvalue weighted by molar-refractivity contribution is 5.95. The van der Waals surface area contributed by atoms with Crippen molar-refractivity contribution in [2.45, 2.75) is 18.8 Å². The van der Waals surface area contributed by atoms with E-state index in [-0.39, 0.29) is 11.8 Å². The van der Waals surface area contributed by atoms with Gasteiger partial charge in [0, 0.05) is 48.2 Å². The number of piperidine rings is 1. The Morgan fingerprint density at radius 2 is 2.07 bits per heavy atom. The number of nitrogens with zero attached hydrogens (tertiary/aromatic N) is 7. The molecular formula is C21H20N8O. The summed E-state index contributed by atoms with van der Waals surface area (Å²) in [5.41, 5.74) is 4.60. The third-order valence-electron chi connectivity index (χ3n) is 5.48. The number of nitrogens with one attached hydrogen (secondary N) is 1. The zero-order valence-corrected chi connectivity index (χ0v) is 16.2. The summed E-state index contributed by atoms with van der Waals surface area (Å²) in [7, 11) is 0. The zero-order valence-electron chi connectivity index (χ0n) is 16.2. The first-order valence-electron chi connectivity index (χ1n) is 9.86. The molecule has 4 aromatic rings. The molecule has 0 unspecified atom stereocenters. The van der Waals surface area contributed by atoms with E-state index in [4.69, 9.17) is 0 Å². The third kappa shape index (κ3) is 3.45. The lowest BCUT2D eigenvalue weighted by atomic mass is 9.90. The second kappa shape index (κ2) is 7.86. The van der Waals surface area contributed by atoms with Crippen LogP contribution >= 0.6 is 0 Å². The molecule has 150 valence electrons. The summed E-state index contributed by atoms with van der Waals surface area (Å²) in [6.45, 7) is 1.39. The average molecular weight is 400 g/mol. The van der Waals surface area contributed by atoms with E-state index in [0.29, 0.717) is 12.1 Å². The summed E-state index contributed by atoms with van der Waals surface area (Å²) >= 11 is 0. The molecule has 9 nitrogen and oxygen atoms in total. The number of hydrogen-bond donors (Lipinski definition) is 1. The number of aromatic nitrogens is 7. The fraction of sp³-hybridized carbons (Fsp3) is 0.238. The molecular weight excluding hydrogens is 380 g/mol. The molecule has 1 aromatic carbocycles. The molecule has 1 fully saturated rings. The first-order chi connectivity index (χ1) is 14.8. The first kappa shape index (κ1) is 18.2. The van der Waals surface area contributed by atoms with Gasteiger partial charge in [-0.05, 0) is 59.2 Å². The minimum Gasteiger partial charge on any atom is -0.338 e. The Hall–Kier alpha value is -3.88. The molecule has 1 atom stereocenters. The van der Waals surface area contributed by atoms with Gasteiger partial charge in [0.05, 0.1) is 11.9 Å². The molecule has 1 amide bonds. The lowest BCUT2D eigenvalue weighted by Gasteiger charge is -2.33. The van der Waals surface area contributed by atoms with Crippen molar-refractivity contribution < 1.29 is 4.79 Å². The molecule has 1 aliphatic rings. The number of carbonyl (C=O) groups excluding carboxylic acids is 1. The van der Waals surface area contributed by atoms with E-state index in [1.807, 2.05) is 47.5 Å². The number of benzene rings is 1. The van der Waals surface area contributed by atoms with Crippen LogP contribution in [0.15, 0.2) is 61.3 Å². The summed E-state index contributed by atoms with van der Waals surface area (Å²) in [4.78, 5) is 19.2. The minimum atomic E-state index is 0.0135. The van der Waals surface area contributed by atoms with Gasteiger partial charge in [-0.15, -0.1) is 5.10 Å². The van der Waals surface area contributed by atoms with Crippen molar-refractivity contribution in [1.29, 1.82) is 0 Å². The Morgan fingerprint density at radius 3 is 2.90 bits per heavy atom. The van der Waals surface area contributed by atoms with Crippen LogP contribution in [0.2, 0.25) is 0 Å². The van der Waals surface area contributed by atoms with Crippen molar-refractivity contribution in [1.82, 2.24) is 40.3 Å². The quantitative estimate of drug-likeness (QED) is 0.564. The SMILES string of the molecule is O=C(c1cccc(-n2cnnn2)c1)N1CCC[C@H](c2[nH]ncc2-c2ccncc2)C1. The van der Waals surface area contributed by atoms with Crippen LogP contribution in [-0.2, 0) is 0 Å². The van der Waals surface area contributed by atoms with Gasteiger partial charge in [0.15, 0.2) is 0 Å². The molecule has 1 N–H and O–H groups in total. The summed E-state index contributed by atoms with van der Waals surface area (Å²) in [5.74, 6) is 0.218. The lowest BCUT2D eigenvalue weighted by molar-refractivity contribution is 0.0706. The van der Waals surface area contributed by atoms with Crippen LogP contribution in [0.4, 0.5) is 0 Å². The fourth-order valence-electron chi connectivity index (χ4n) is 4.01. The van der Waals surface area contributed by atoms with Gasteiger partial charge in [0.1, 0.15) is 6.33 Å². The molecule has 0 bridgehead atoms. The van der Waals surface area contributed by atoms with Gasteiger partial charge in [-0.25, -0.2) is 4.68 Å². The number of likely N-dealkylation sites (tertiary alicyclic amines) is 1. The Kier molecular flexibility index (Phi) is 4.76. The van der Waals surface area contributed by atoms with Gasteiger partial charge in [0.2, 0.25) is 0 Å². The minimum absolute atomic E-state index is 0.0135. The predicted octanol–water partition coefficient (Wildman–Crippen LogP) is 2.47. The van der Waals surface area contributed by atoms with Crippen molar-refractivity contribution in [3.05, 3.63) is 72.6 Å². The van der Waals surface area contributed by atoms with Crippen LogP contribution in [0.3, 0.4) is 0 Å². The van der Waals surface area contributed by atoms with Crippen LogP contribution in [0, 0.1) is 0 Å². The van der Waals surface area contributed by atoms with Crippen LogP contribution in [0.5, 0.6) is 0 Å². The zero-order chi connectivity index (χ0) is 20.3. The second-order valence-electron chi connectivity index (χ2n) is 7.33. The Balaban J connectivity index is 1.37. The summed E-state index contributed by atoms with van der Waals surface area (Å²) in [6, 6.07) is 11.3. The predicted molar refractivity (Wildman–Crippen MR) is 109 cm³/mol. The number of pyridine rings is 1. The topological polar surface area (TPSA) is 105 Å². The van der Waals surface area contributed by atoms with Gasteiger partial charge < -0.3 is 4.90 Å². The van der Waals surface area contributed by atoms with E-state index in [2.05, 4.69) is 30.7 Å². The van der Waals surface area contributed by atoms with Gasteiger partial charge in [-0.3, -0.25) is 14.9 Å². The third-order valence-corrected chi connectivity index (χ3v) is 5.48. The van der Waals surface area contributed by atoms with Crippen molar-refractivity contribution in [3.8, 4) is 16.8 Å². The number of amides is 1. The lowest BCUT2D eigenvalue weighted by Crippen LogP contribution is -2.39. The van der Waals surface area contributed by atoms with Crippen molar-refractivity contribution in [2.75, 3.05) is 13.1 Å². The standard InChI is InChI=1S/C21H20N8O/c30-21(16-3-1-5-18(11-16)29-14-24-26-27-29)28-10-2-4-17(13-28)20-19(12-23-25-20)15-6-8-22-9-7-15/h1,3,5-9,11-12,14,17H,2,4,10,13H2,(H,23,25)/t17-/m0/s1. The maximum absolute atomic E-state index is 13.2. The number of H-pyrrole nitrogens is 1. The van der Waals surface area contributed by atoms with Crippen LogP contribution in [0.25, 0.3) is 16.8 Å². The van der Waals surface area contributed by atoms with Crippen LogP contribution in [0.1, 0.15) is 34.8 Å². The maximum Gasteiger partial charge on any atom is 0.253 e. The van der Waals surface area contributed by atoms with E-state index >= 15 is 0 Å². The fourth-order valence-corrected chi connectivity index (χ4v) is 4.01. The van der Waals surface area contributed by atoms with Crippen molar-refractivity contribution in [3.63, 3.8) is 0 Å². The molecule has 3 aromatic heterocycles. The molecule has 5 rings (SSSR count). The summed E-state index contributed by atoms with van der Waals surface area (Å²) in [6.07, 6.45) is 8.87. The van der Waals surface area contributed by atoms with Gasteiger partial charge in [0.25, 0.3) is 5.91 Å². The van der Waals surface area contributed by atoms with Crippen LogP contribution < -0.4 is 0 Å². The summed E-state index contributed by atoms with van der Waals surface area (Å²) in [5, 5.41) is 18.7. The van der Waals surface area contributed by atoms with Gasteiger partial charge in [-0.1, -0.05) is 6.07 Å².